The molecule has 1 aliphatic carbocycles. The molecule has 3 aliphatic rings. The Morgan fingerprint density at radius 3 is 2.84 bits per heavy atom. The van der Waals surface area contributed by atoms with E-state index in [1.165, 1.54) is 12.8 Å². The summed E-state index contributed by atoms with van der Waals surface area (Å²) in [5.74, 6) is 1.35. The summed E-state index contributed by atoms with van der Waals surface area (Å²) in [6.07, 6.45) is 4.98. The number of carbonyl (C=O) groups excluding carboxylic acids is 2. The molecule has 1 aromatic heterocycles. The first-order valence-electron chi connectivity index (χ1n) is 9.03. The fourth-order valence-electron chi connectivity index (χ4n) is 3.59. The Bertz CT molecular complexity index is 701. The quantitative estimate of drug-likeness (QED) is 0.884. The minimum absolute atomic E-state index is 0.00374. The average molecular weight is 343 g/mol. The van der Waals surface area contributed by atoms with E-state index in [0.29, 0.717) is 23.3 Å². The van der Waals surface area contributed by atoms with Gasteiger partial charge in [0.1, 0.15) is 5.82 Å². The second-order valence-corrected chi connectivity index (χ2v) is 7.55. The topological polar surface area (TPSA) is 68.8 Å². The van der Waals surface area contributed by atoms with Crippen LogP contribution in [0.2, 0.25) is 0 Å². The molecule has 0 radical (unpaired) electrons. The lowest BCUT2D eigenvalue weighted by Crippen LogP contribution is -2.41. The second-order valence-electron chi connectivity index (χ2n) is 7.55. The Hall–Kier alpha value is -2.15. The summed E-state index contributed by atoms with van der Waals surface area (Å²) in [7, 11) is 4.10. The Balaban J connectivity index is 1.56. The van der Waals surface area contributed by atoms with Crippen molar-refractivity contribution in [1.29, 1.82) is 0 Å². The number of rotatable bonds is 4. The first-order chi connectivity index (χ1) is 12.0. The number of aromatic nitrogens is 1. The third-order valence-electron chi connectivity index (χ3n) is 5.43. The molecule has 1 N–H and O–H groups in total. The number of amides is 2. The third kappa shape index (κ3) is 3.20. The number of hydrogen-bond acceptors (Lipinski definition) is 5. The number of nitrogens with zero attached hydrogens (tertiary/aromatic N) is 4. The van der Waals surface area contributed by atoms with Crippen molar-refractivity contribution in [2.75, 3.05) is 50.5 Å². The molecule has 3 heterocycles. The zero-order valence-electron chi connectivity index (χ0n) is 14.9. The summed E-state index contributed by atoms with van der Waals surface area (Å²) in [6, 6.07) is 2.24. The largest absolute Gasteiger partial charge is 0.359 e. The Labute approximate surface area is 148 Å². The lowest BCUT2D eigenvalue weighted by Gasteiger charge is -2.30. The van der Waals surface area contributed by atoms with Crippen LogP contribution in [0.25, 0.3) is 0 Å². The Kier molecular flexibility index (Phi) is 4.11. The summed E-state index contributed by atoms with van der Waals surface area (Å²) in [5.41, 5.74) is 1.31. The van der Waals surface area contributed by atoms with Gasteiger partial charge < -0.3 is 20.0 Å². The summed E-state index contributed by atoms with van der Waals surface area (Å²) < 4.78 is 0. The number of likely N-dealkylation sites (tertiary alicyclic amines) is 1. The molecule has 1 atom stereocenters. The fraction of sp³-hybridized carbons (Fsp3) is 0.611. The predicted molar refractivity (Wildman–Crippen MR) is 95.8 cm³/mol. The van der Waals surface area contributed by atoms with E-state index in [1.807, 2.05) is 25.1 Å². The second kappa shape index (κ2) is 6.29. The summed E-state index contributed by atoms with van der Waals surface area (Å²) in [6.45, 7) is 2.52. The summed E-state index contributed by atoms with van der Waals surface area (Å²) >= 11 is 0. The van der Waals surface area contributed by atoms with Gasteiger partial charge in [0.05, 0.1) is 17.8 Å². The first kappa shape index (κ1) is 16.3. The maximum atomic E-state index is 12.9. The number of anilines is 2. The number of nitrogens with one attached hydrogen (secondary N) is 1. The van der Waals surface area contributed by atoms with Crippen molar-refractivity contribution >= 4 is 23.3 Å². The SMILES string of the molecule is CN(C)C1CCN(C(=O)c2cnc3c(c2)N(CC2CC2)C(=O)CN3)C1. The number of likely N-dealkylation sites (N-methyl/N-ethyl adjacent to an activating group) is 1. The summed E-state index contributed by atoms with van der Waals surface area (Å²) in [5, 5.41) is 3.06. The van der Waals surface area contributed by atoms with Crippen molar-refractivity contribution in [2.45, 2.75) is 25.3 Å². The Morgan fingerprint density at radius 2 is 2.16 bits per heavy atom. The van der Waals surface area contributed by atoms with Gasteiger partial charge in [-0.1, -0.05) is 0 Å². The highest BCUT2D eigenvalue weighted by molar-refractivity contribution is 6.04. The summed E-state index contributed by atoms with van der Waals surface area (Å²) in [4.78, 5) is 35.4. The first-order valence-corrected chi connectivity index (χ1v) is 9.03. The molecule has 0 spiro atoms. The molecule has 25 heavy (non-hydrogen) atoms. The molecule has 2 aliphatic heterocycles. The van der Waals surface area contributed by atoms with Crippen LogP contribution in [0.4, 0.5) is 11.5 Å². The Morgan fingerprint density at radius 1 is 1.36 bits per heavy atom. The maximum Gasteiger partial charge on any atom is 0.255 e. The van der Waals surface area contributed by atoms with Crippen molar-refractivity contribution in [2.24, 2.45) is 5.92 Å². The molecule has 1 saturated heterocycles. The fourth-order valence-corrected chi connectivity index (χ4v) is 3.59. The van der Waals surface area contributed by atoms with Gasteiger partial charge in [0, 0.05) is 31.9 Å². The van der Waals surface area contributed by atoms with E-state index >= 15 is 0 Å². The molecule has 1 aromatic rings. The van der Waals surface area contributed by atoms with Crippen LogP contribution in [-0.4, -0.2) is 72.9 Å². The van der Waals surface area contributed by atoms with Crippen LogP contribution in [0.1, 0.15) is 29.6 Å². The van der Waals surface area contributed by atoms with Crippen LogP contribution in [0.15, 0.2) is 12.3 Å². The van der Waals surface area contributed by atoms with E-state index in [4.69, 9.17) is 0 Å². The number of hydrogen-bond donors (Lipinski definition) is 1. The highest BCUT2D eigenvalue weighted by atomic mass is 16.2. The van der Waals surface area contributed by atoms with Crippen LogP contribution in [0, 0.1) is 5.92 Å². The van der Waals surface area contributed by atoms with Gasteiger partial charge in [0.15, 0.2) is 0 Å². The zero-order chi connectivity index (χ0) is 17.6. The maximum absolute atomic E-state index is 12.9. The molecule has 2 amide bonds. The van der Waals surface area contributed by atoms with Crippen molar-refractivity contribution in [3.05, 3.63) is 17.8 Å². The predicted octanol–water partition coefficient (Wildman–Crippen LogP) is 1.03. The number of carbonyl (C=O) groups is 2. The van der Waals surface area contributed by atoms with Crippen LogP contribution in [-0.2, 0) is 4.79 Å². The normalized spacial score (nSPS) is 23.0. The van der Waals surface area contributed by atoms with Gasteiger partial charge in [-0.2, -0.15) is 0 Å². The van der Waals surface area contributed by atoms with Gasteiger partial charge >= 0.3 is 0 Å². The molecule has 0 aromatic carbocycles. The lowest BCUT2D eigenvalue weighted by molar-refractivity contribution is -0.117. The van der Waals surface area contributed by atoms with Crippen LogP contribution < -0.4 is 10.2 Å². The van der Waals surface area contributed by atoms with Crippen molar-refractivity contribution in [3.63, 3.8) is 0 Å². The van der Waals surface area contributed by atoms with E-state index in [1.54, 1.807) is 11.1 Å². The minimum Gasteiger partial charge on any atom is -0.359 e. The van der Waals surface area contributed by atoms with Gasteiger partial charge in [0.25, 0.3) is 5.91 Å². The molecule has 0 bridgehead atoms. The lowest BCUT2D eigenvalue weighted by atomic mass is 10.1. The number of pyridine rings is 1. The molecule has 134 valence electrons. The monoisotopic (exact) mass is 343 g/mol. The standard InChI is InChI=1S/C18H25N5O2/c1-21(2)14-5-6-22(11-14)18(25)13-7-15-17(19-8-13)20-9-16(24)23(15)10-12-3-4-12/h7-8,12,14H,3-6,9-11H2,1-2H3,(H,19,20). The van der Waals surface area contributed by atoms with E-state index in [-0.39, 0.29) is 18.4 Å². The van der Waals surface area contributed by atoms with Gasteiger partial charge in [-0.25, -0.2) is 4.98 Å². The molecule has 2 fully saturated rings. The highest BCUT2D eigenvalue weighted by Crippen LogP contribution is 2.35. The molecular formula is C18H25N5O2. The van der Waals surface area contributed by atoms with Gasteiger partial charge in [-0.3, -0.25) is 9.59 Å². The average Bonchev–Trinajstić information content (AvgIpc) is 3.28. The molecule has 7 heteroatoms. The van der Waals surface area contributed by atoms with Crippen molar-refractivity contribution in [1.82, 2.24) is 14.8 Å². The molecule has 1 unspecified atom stereocenters. The van der Waals surface area contributed by atoms with Gasteiger partial charge in [0.2, 0.25) is 5.91 Å². The van der Waals surface area contributed by atoms with Gasteiger partial charge in [-0.15, -0.1) is 0 Å². The van der Waals surface area contributed by atoms with E-state index < -0.39 is 0 Å². The van der Waals surface area contributed by atoms with Gasteiger partial charge in [-0.05, 0) is 45.3 Å². The molecule has 4 rings (SSSR count). The van der Waals surface area contributed by atoms with Crippen molar-refractivity contribution < 1.29 is 9.59 Å². The molecule has 7 nitrogen and oxygen atoms in total. The van der Waals surface area contributed by atoms with Crippen LogP contribution >= 0.6 is 0 Å². The van der Waals surface area contributed by atoms with E-state index in [0.717, 1.165) is 31.7 Å². The van der Waals surface area contributed by atoms with E-state index in [2.05, 4.69) is 15.2 Å². The minimum atomic E-state index is 0.00374. The smallest absolute Gasteiger partial charge is 0.255 e. The third-order valence-corrected chi connectivity index (χ3v) is 5.43. The number of fused-ring (bicyclic) bond motifs is 1. The highest BCUT2D eigenvalue weighted by Gasteiger charge is 2.33. The zero-order valence-corrected chi connectivity index (χ0v) is 14.9. The van der Waals surface area contributed by atoms with E-state index in [9.17, 15) is 9.59 Å². The molecule has 1 saturated carbocycles. The molecular weight excluding hydrogens is 318 g/mol. The van der Waals surface area contributed by atoms with Crippen molar-refractivity contribution in [3.8, 4) is 0 Å². The van der Waals surface area contributed by atoms with Crippen LogP contribution in [0.3, 0.4) is 0 Å². The van der Waals surface area contributed by atoms with Crippen LogP contribution in [0.5, 0.6) is 0 Å².